The molecule has 0 saturated heterocycles. The quantitative estimate of drug-likeness (QED) is 0.848. The van der Waals surface area contributed by atoms with Crippen molar-refractivity contribution in [2.75, 3.05) is 11.9 Å². The number of benzene rings is 1. The van der Waals surface area contributed by atoms with Crippen LogP contribution in [0.25, 0.3) is 0 Å². The Balaban J connectivity index is 1.75. The highest BCUT2D eigenvalue weighted by Crippen LogP contribution is 2.23. The van der Waals surface area contributed by atoms with E-state index in [1.54, 1.807) is 18.2 Å². The molecule has 1 aromatic carbocycles. The molecule has 1 aromatic heterocycles. The van der Waals surface area contributed by atoms with Crippen molar-refractivity contribution in [2.24, 2.45) is 0 Å². The number of ether oxygens (including phenoxy) is 1. The molecule has 0 fully saturated rings. The van der Waals surface area contributed by atoms with Crippen LogP contribution in [-0.2, 0) is 24.2 Å². The molecular formula is C19H23N3O3. The van der Waals surface area contributed by atoms with Crippen molar-refractivity contribution in [3.8, 4) is 5.75 Å². The largest absolute Gasteiger partial charge is 0.492 e. The van der Waals surface area contributed by atoms with Crippen molar-refractivity contribution in [2.45, 2.75) is 45.6 Å². The number of nitrogens with one attached hydrogen (secondary N) is 1. The summed E-state index contributed by atoms with van der Waals surface area (Å²) in [6, 6.07) is 8.88. The number of aryl methyl sites for hydroxylation is 2. The lowest BCUT2D eigenvalue weighted by Crippen LogP contribution is -2.30. The van der Waals surface area contributed by atoms with Crippen LogP contribution < -0.4 is 15.6 Å². The number of para-hydroxylation sites is 2. The standard InChI is InChI=1S/C19H23N3O3/c1-2-25-17-11-7-6-10-16(17)20-18(23)13-22-19(24)12-14-8-4-3-5-9-15(14)21-22/h6-7,10-12H,2-5,8-9,13H2,1H3,(H,20,23). The van der Waals surface area contributed by atoms with Gasteiger partial charge in [-0.25, -0.2) is 4.68 Å². The van der Waals surface area contributed by atoms with Crippen molar-refractivity contribution < 1.29 is 9.53 Å². The van der Waals surface area contributed by atoms with E-state index in [0.717, 1.165) is 43.4 Å². The Bertz CT molecular complexity index is 814. The third-order valence-corrected chi connectivity index (χ3v) is 4.28. The van der Waals surface area contributed by atoms with E-state index in [4.69, 9.17) is 4.74 Å². The third-order valence-electron chi connectivity index (χ3n) is 4.28. The van der Waals surface area contributed by atoms with Gasteiger partial charge in [0.25, 0.3) is 5.56 Å². The highest BCUT2D eigenvalue weighted by Gasteiger charge is 2.14. The number of carbonyl (C=O) groups is 1. The minimum atomic E-state index is -0.296. The first-order valence-corrected chi connectivity index (χ1v) is 8.79. The van der Waals surface area contributed by atoms with Crippen LogP contribution in [0.2, 0.25) is 0 Å². The molecule has 132 valence electrons. The number of rotatable bonds is 5. The van der Waals surface area contributed by atoms with Crippen molar-refractivity contribution in [1.29, 1.82) is 0 Å². The van der Waals surface area contributed by atoms with Gasteiger partial charge in [-0.3, -0.25) is 9.59 Å². The van der Waals surface area contributed by atoms with E-state index in [2.05, 4.69) is 10.4 Å². The maximum Gasteiger partial charge on any atom is 0.267 e. The molecule has 1 amide bonds. The Morgan fingerprint density at radius 2 is 2.04 bits per heavy atom. The van der Waals surface area contributed by atoms with Crippen molar-refractivity contribution >= 4 is 11.6 Å². The first kappa shape index (κ1) is 17.2. The van der Waals surface area contributed by atoms with E-state index in [1.807, 2.05) is 19.1 Å². The van der Waals surface area contributed by atoms with Gasteiger partial charge in [0.2, 0.25) is 5.91 Å². The van der Waals surface area contributed by atoms with E-state index in [9.17, 15) is 9.59 Å². The Morgan fingerprint density at radius 1 is 1.24 bits per heavy atom. The lowest BCUT2D eigenvalue weighted by molar-refractivity contribution is -0.117. The van der Waals surface area contributed by atoms with Gasteiger partial charge in [-0.2, -0.15) is 5.10 Å². The number of amides is 1. The van der Waals surface area contributed by atoms with E-state index in [0.29, 0.717) is 18.0 Å². The summed E-state index contributed by atoms with van der Waals surface area (Å²) >= 11 is 0. The van der Waals surface area contributed by atoms with Crippen LogP contribution in [-0.4, -0.2) is 22.3 Å². The molecule has 3 rings (SSSR count). The van der Waals surface area contributed by atoms with E-state index in [-0.39, 0.29) is 18.0 Å². The Hall–Kier alpha value is -2.63. The molecule has 1 N–H and O–H groups in total. The van der Waals surface area contributed by atoms with Crippen LogP contribution in [0, 0.1) is 0 Å². The van der Waals surface area contributed by atoms with Crippen molar-refractivity contribution in [3.05, 3.63) is 51.9 Å². The van der Waals surface area contributed by atoms with Gasteiger partial charge in [-0.15, -0.1) is 0 Å². The van der Waals surface area contributed by atoms with E-state index < -0.39 is 0 Å². The average molecular weight is 341 g/mol. The molecule has 0 aliphatic heterocycles. The molecule has 0 atom stereocenters. The van der Waals surface area contributed by atoms with Crippen LogP contribution in [0.3, 0.4) is 0 Å². The number of anilines is 1. The molecule has 25 heavy (non-hydrogen) atoms. The number of hydrogen-bond donors (Lipinski definition) is 1. The molecule has 0 unspecified atom stereocenters. The number of carbonyl (C=O) groups excluding carboxylic acids is 1. The smallest absolute Gasteiger partial charge is 0.267 e. The predicted octanol–water partition coefficient (Wildman–Crippen LogP) is 2.55. The van der Waals surface area contributed by atoms with Crippen LogP contribution in [0.4, 0.5) is 5.69 Å². The normalized spacial score (nSPS) is 13.6. The zero-order valence-corrected chi connectivity index (χ0v) is 14.5. The van der Waals surface area contributed by atoms with Crippen LogP contribution in [0.5, 0.6) is 5.75 Å². The van der Waals surface area contributed by atoms with Crippen molar-refractivity contribution in [1.82, 2.24) is 9.78 Å². The minimum Gasteiger partial charge on any atom is -0.492 e. The monoisotopic (exact) mass is 341 g/mol. The second-order valence-electron chi connectivity index (χ2n) is 6.15. The molecule has 2 aromatic rings. The number of aromatic nitrogens is 2. The van der Waals surface area contributed by atoms with Crippen LogP contribution in [0.15, 0.2) is 35.1 Å². The van der Waals surface area contributed by atoms with E-state index in [1.165, 1.54) is 4.68 Å². The summed E-state index contributed by atoms with van der Waals surface area (Å²) < 4.78 is 6.75. The molecule has 1 aliphatic carbocycles. The predicted molar refractivity (Wildman–Crippen MR) is 96.0 cm³/mol. The molecule has 6 nitrogen and oxygen atoms in total. The molecule has 0 saturated carbocycles. The van der Waals surface area contributed by atoms with Gasteiger partial charge in [0, 0.05) is 6.07 Å². The average Bonchev–Trinajstić information content (AvgIpc) is 2.82. The first-order chi connectivity index (χ1) is 12.2. The van der Waals surface area contributed by atoms with Gasteiger partial charge >= 0.3 is 0 Å². The SMILES string of the molecule is CCOc1ccccc1NC(=O)Cn1nc2c(cc1=O)CCCCC2. The second-order valence-corrected chi connectivity index (χ2v) is 6.15. The molecule has 1 heterocycles. The molecular weight excluding hydrogens is 318 g/mol. The second kappa shape index (κ2) is 7.96. The fourth-order valence-corrected chi connectivity index (χ4v) is 3.07. The highest BCUT2D eigenvalue weighted by molar-refractivity contribution is 5.92. The maximum absolute atomic E-state index is 12.4. The summed E-state index contributed by atoms with van der Waals surface area (Å²) in [5.41, 5.74) is 2.34. The van der Waals surface area contributed by atoms with Crippen LogP contribution in [0.1, 0.15) is 37.4 Å². The fraction of sp³-hybridized carbons (Fsp3) is 0.421. The summed E-state index contributed by atoms with van der Waals surface area (Å²) in [5, 5.41) is 7.23. The maximum atomic E-state index is 12.4. The molecule has 0 bridgehead atoms. The fourth-order valence-electron chi connectivity index (χ4n) is 3.07. The first-order valence-electron chi connectivity index (χ1n) is 8.79. The number of nitrogens with zero attached hydrogens (tertiary/aromatic N) is 2. The van der Waals surface area contributed by atoms with Crippen LogP contribution >= 0.6 is 0 Å². The van der Waals surface area contributed by atoms with Gasteiger partial charge in [-0.05, 0) is 50.3 Å². The summed E-state index contributed by atoms with van der Waals surface area (Å²) in [6.45, 7) is 2.29. The van der Waals surface area contributed by atoms with Gasteiger partial charge < -0.3 is 10.1 Å². The lowest BCUT2D eigenvalue weighted by Gasteiger charge is -2.12. The zero-order valence-electron chi connectivity index (χ0n) is 14.5. The number of fused-ring (bicyclic) bond motifs is 1. The summed E-state index contributed by atoms with van der Waals surface area (Å²) in [7, 11) is 0. The van der Waals surface area contributed by atoms with E-state index >= 15 is 0 Å². The molecule has 0 radical (unpaired) electrons. The van der Waals surface area contributed by atoms with Gasteiger partial charge in [0.1, 0.15) is 12.3 Å². The third kappa shape index (κ3) is 4.26. The minimum absolute atomic E-state index is 0.105. The molecule has 1 aliphatic rings. The Kier molecular flexibility index (Phi) is 5.48. The Morgan fingerprint density at radius 3 is 2.88 bits per heavy atom. The zero-order chi connectivity index (χ0) is 17.6. The van der Waals surface area contributed by atoms with Gasteiger partial charge in [0.05, 0.1) is 18.0 Å². The molecule has 0 spiro atoms. The summed E-state index contributed by atoms with van der Waals surface area (Å²) in [6.07, 6.45) is 5.08. The molecule has 6 heteroatoms. The lowest BCUT2D eigenvalue weighted by atomic mass is 10.1. The highest BCUT2D eigenvalue weighted by atomic mass is 16.5. The van der Waals surface area contributed by atoms with Gasteiger partial charge in [-0.1, -0.05) is 18.6 Å². The summed E-state index contributed by atoms with van der Waals surface area (Å²) in [5.74, 6) is 0.316. The number of hydrogen-bond acceptors (Lipinski definition) is 4. The topological polar surface area (TPSA) is 73.2 Å². The van der Waals surface area contributed by atoms with Gasteiger partial charge in [0.15, 0.2) is 0 Å². The Labute approximate surface area is 146 Å². The summed E-state index contributed by atoms with van der Waals surface area (Å²) in [4.78, 5) is 24.6. The van der Waals surface area contributed by atoms with Crippen molar-refractivity contribution in [3.63, 3.8) is 0 Å².